The zero-order chi connectivity index (χ0) is 30.9. The van der Waals surface area contributed by atoms with E-state index in [4.69, 9.17) is 17.7 Å². The van der Waals surface area contributed by atoms with Crippen LogP contribution in [-0.4, -0.2) is 6.71 Å². The molecule has 0 radical (unpaired) electrons. The van der Waals surface area contributed by atoms with Crippen LogP contribution >= 0.6 is 0 Å². The molecule has 0 aromatic heterocycles. The van der Waals surface area contributed by atoms with Crippen LogP contribution in [0, 0.1) is 0 Å². The van der Waals surface area contributed by atoms with Crippen LogP contribution < -0.4 is 25.9 Å². The van der Waals surface area contributed by atoms with Gasteiger partial charge in [-0.05, 0) is 68.0 Å². The predicted octanol–water partition coefficient (Wildman–Crippen LogP) is 6.31. The summed E-state index contributed by atoms with van der Waals surface area (Å²) in [5.41, 5.74) is -0.146. The van der Waals surface area contributed by atoms with Crippen LogP contribution in [0.15, 0.2) is 48.3 Å². The number of fused-ring (bicyclic) bond motifs is 4. The topological polar surface area (TPSA) is 18.5 Å². The molecule has 2 nitrogen and oxygen atoms in total. The molecule has 3 aromatic carbocycles. The van der Waals surface area contributed by atoms with E-state index in [1.54, 1.807) is 0 Å². The van der Waals surface area contributed by atoms with Gasteiger partial charge in [0.2, 0.25) is 0 Å². The molecule has 0 bridgehead atoms. The lowest BCUT2D eigenvalue weighted by molar-refractivity contribution is 0.457. The first-order chi connectivity index (χ1) is 18.6. The molecule has 3 heteroatoms. The molecule has 0 atom stereocenters. The Morgan fingerprint density at radius 3 is 1.30 bits per heavy atom. The second-order valence-electron chi connectivity index (χ2n) is 12.1. The van der Waals surface area contributed by atoms with Crippen LogP contribution in [0.1, 0.15) is 90.0 Å². The molecule has 0 saturated carbocycles. The second-order valence-corrected chi connectivity index (χ2v) is 12.1. The summed E-state index contributed by atoms with van der Waals surface area (Å²) >= 11 is 0. The summed E-state index contributed by atoms with van der Waals surface area (Å²) in [6.45, 7) is 15.8. The first kappa shape index (κ1) is 14.6. The van der Waals surface area contributed by atoms with E-state index >= 15 is 0 Å². The van der Waals surface area contributed by atoms with Gasteiger partial charge in [-0.15, -0.1) is 0 Å². The zero-order valence-electron chi connectivity index (χ0n) is 28.9. The predicted molar refractivity (Wildman–Crippen MR) is 140 cm³/mol. The first-order valence-electron chi connectivity index (χ1n) is 15.4. The van der Waals surface area contributed by atoms with Crippen molar-refractivity contribution in [2.45, 2.75) is 78.6 Å². The standard InChI is InChI=1S/C30H35BO2/c1-28(2,3)18-10-12-23-21(14-18)31-22-15-19(29(4,5)6)11-13-24(22)33-26-17-20(30(7,8)9)16-25(32-23)27(26)31/h10-17H,1-9H3/i10D,11D,12D,13D,14D,15D,16D,17D. The maximum Gasteiger partial charge on any atom is 0.260 e. The fourth-order valence-corrected chi connectivity index (χ4v) is 4.07. The minimum absolute atomic E-state index is 0.0147. The third-order valence-corrected chi connectivity index (χ3v) is 6.10. The molecule has 2 aliphatic heterocycles. The summed E-state index contributed by atoms with van der Waals surface area (Å²) in [5, 5.41) is 0. The molecule has 33 heavy (non-hydrogen) atoms. The van der Waals surface area contributed by atoms with Crippen LogP contribution in [-0.2, 0) is 16.2 Å². The Kier molecular flexibility index (Phi) is 3.05. The van der Waals surface area contributed by atoms with Gasteiger partial charge in [-0.25, -0.2) is 0 Å². The van der Waals surface area contributed by atoms with Gasteiger partial charge in [-0.3, -0.25) is 0 Å². The van der Waals surface area contributed by atoms with Crippen molar-refractivity contribution in [3.63, 3.8) is 0 Å². The Morgan fingerprint density at radius 1 is 0.545 bits per heavy atom. The summed E-state index contributed by atoms with van der Waals surface area (Å²) in [6, 6.07) is -0.850. The Labute approximate surface area is 210 Å². The third-order valence-electron chi connectivity index (χ3n) is 6.10. The van der Waals surface area contributed by atoms with Crippen LogP contribution in [0.4, 0.5) is 0 Å². The zero-order valence-corrected chi connectivity index (χ0v) is 20.9. The number of ether oxygens (including phenoxy) is 2. The maximum atomic E-state index is 9.36. The second kappa shape index (κ2) is 6.92. The van der Waals surface area contributed by atoms with Gasteiger partial charge in [-0.1, -0.05) is 86.5 Å². The van der Waals surface area contributed by atoms with Crippen molar-refractivity contribution in [3.8, 4) is 23.0 Å². The lowest BCUT2D eigenvalue weighted by Crippen LogP contribution is -2.58. The normalized spacial score (nSPS) is 18.0. The van der Waals surface area contributed by atoms with Crippen LogP contribution in [0.25, 0.3) is 0 Å². The summed E-state index contributed by atoms with van der Waals surface area (Å²) in [5.74, 6) is 0.0679. The van der Waals surface area contributed by atoms with E-state index in [0.29, 0.717) is 22.2 Å². The molecule has 0 spiro atoms. The smallest absolute Gasteiger partial charge is 0.260 e. The summed E-state index contributed by atoms with van der Waals surface area (Å²) in [4.78, 5) is 0. The van der Waals surface area contributed by atoms with Gasteiger partial charge in [0.1, 0.15) is 23.0 Å². The van der Waals surface area contributed by atoms with Gasteiger partial charge in [0.25, 0.3) is 6.71 Å². The van der Waals surface area contributed by atoms with Gasteiger partial charge < -0.3 is 9.47 Å². The van der Waals surface area contributed by atoms with Crippen molar-refractivity contribution < 1.29 is 20.4 Å². The van der Waals surface area contributed by atoms with Crippen molar-refractivity contribution in [1.82, 2.24) is 0 Å². The van der Waals surface area contributed by atoms with Crippen molar-refractivity contribution >= 4 is 23.1 Å². The van der Waals surface area contributed by atoms with Crippen molar-refractivity contribution in [2.75, 3.05) is 0 Å². The highest BCUT2D eigenvalue weighted by atomic mass is 16.5. The van der Waals surface area contributed by atoms with Crippen molar-refractivity contribution in [1.29, 1.82) is 0 Å². The summed E-state index contributed by atoms with van der Waals surface area (Å²) < 4.78 is 85.2. The number of benzene rings is 3. The van der Waals surface area contributed by atoms with Crippen LogP contribution in [0.5, 0.6) is 23.0 Å². The van der Waals surface area contributed by atoms with Gasteiger partial charge in [0.15, 0.2) is 0 Å². The lowest BCUT2D eigenvalue weighted by atomic mass is 9.34. The Hall–Kier alpha value is -2.68. The summed E-state index contributed by atoms with van der Waals surface area (Å²) in [7, 11) is 0. The Balaban J connectivity index is 2.06. The highest BCUT2D eigenvalue weighted by Crippen LogP contribution is 2.39. The van der Waals surface area contributed by atoms with Gasteiger partial charge in [0, 0.05) is 5.46 Å². The van der Waals surface area contributed by atoms with E-state index < -0.39 is 23.0 Å². The SMILES string of the molecule is [2H]c1c([2H])c(C(C)(C)C)c([2H])c2c1Oc1c([2H])c(C(C)(C)C)c([2H])c3c1B2c1c([2H])c(C(C)(C)C)c([2H])c([2H])c1O3. The average Bonchev–Trinajstić information content (AvgIpc) is 2.80. The van der Waals surface area contributed by atoms with Crippen molar-refractivity contribution in [2.24, 2.45) is 0 Å². The average molecular weight is 446 g/mol. The third kappa shape index (κ3) is 3.66. The molecular formula is C30H35BO2. The summed E-state index contributed by atoms with van der Waals surface area (Å²) in [6.07, 6.45) is 0. The number of hydrogen-bond donors (Lipinski definition) is 0. The van der Waals surface area contributed by atoms with Crippen LogP contribution in [0.2, 0.25) is 0 Å². The maximum absolute atomic E-state index is 9.36. The van der Waals surface area contributed by atoms with E-state index in [1.807, 2.05) is 62.3 Å². The van der Waals surface area contributed by atoms with E-state index in [2.05, 4.69) is 0 Å². The highest BCUT2D eigenvalue weighted by molar-refractivity contribution is 6.98. The molecule has 170 valence electrons. The minimum Gasteiger partial charge on any atom is -0.458 e. The Bertz CT molecular complexity index is 1560. The molecule has 3 aromatic rings. The monoisotopic (exact) mass is 446 g/mol. The van der Waals surface area contributed by atoms with Crippen LogP contribution in [0.3, 0.4) is 0 Å². The molecule has 0 fully saturated rings. The van der Waals surface area contributed by atoms with E-state index in [9.17, 15) is 2.74 Å². The molecular weight excluding hydrogens is 403 g/mol. The fraction of sp³-hybridized carbons (Fsp3) is 0.400. The van der Waals surface area contributed by atoms with Gasteiger partial charge in [-0.2, -0.15) is 0 Å². The van der Waals surface area contributed by atoms with Gasteiger partial charge >= 0.3 is 0 Å². The quantitative estimate of drug-likeness (QED) is 0.260. The molecule has 0 amide bonds. The molecule has 2 heterocycles. The van der Waals surface area contributed by atoms with Crippen molar-refractivity contribution in [3.05, 3.63) is 65.0 Å². The van der Waals surface area contributed by atoms with E-state index in [1.165, 1.54) is 0 Å². The first-order valence-corrected chi connectivity index (χ1v) is 11.4. The fourth-order valence-electron chi connectivity index (χ4n) is 4.07. The highest BCUT2D eigenvalue weighted by Gasteiger charge is 2.41. The molecule has 0 unspecified atom stereocenters. The molecule has 2 aliphatic rings. The molecule has 0 N–H and O–H groups in total. The van der Waals surface area contributed by atoms with E-state index in [-0.39, 0.29) is 82.3 Å². The molecule has 0 saturated heterocycles. The number of rotatable bonds is 0. The largest absolute Gasteiger partial charge is 0.458 e. The van der Waals surface area contributed by atoms with Gasteiger partial charge in [0.05, 0.1) is 11.0 Å². The minimum atomic E-state index is -0.966. The molecule has 5 rings (SSSR count). The van der Waals surface area contributed by atoms with E-state index in [0.717, 1.165) is 0 Å². The lowest BCUT2D eigenvalue weighted by Gasteiger charge is -2.36. The number of hydrogen-bond acceptors (Lipinski definition) is 2. The molecule has 0 aliphatic carbocycles. The Morgan fingerprint density at radius 2 is 0.939 bits per heavy atom.